The molecule has 0 radical (unpaired) electrons. The highest BCUT2D eigenvalue weighted by molar-refractivity contribution is 7.89. The molecule has 1 aromatic carbocycles. The Hall–Kier alpha value is -1.11. The van der Waals surface area contributed by atoms with Gasteiger partial charge in [-0.05, 0) is 30.7 Å². The lowest BCUT2D eigenvalue weighted by molar-refractivity contribution is 0.0954. The maximum absolute atomic E-state index is 11.8. The van der Waals surface area contributed by atoms with Crippen molar-refractivity contribution in [3.8, 4) is 0 Å². The van der Waals surface area contributed by atoms with E-state index in [1.165, 1.54) is 6.26 Å². The number of halogens is 1. The van der Waals surface area contributed by atoms with Crippen LogP contribution in [-0.2, 0) is 15.6 Å². The maximum Gasteiger partial charge on any atom is 0.251 e. The second-order valence-corrected chi connectivity index (χ2v) is 6.91. The quantitative estimate of drug-likeness (QED) is 0.704. The lowest BCUT2D eigenvalue weighted by Gasteiger charge is -2.07. The van der Waals surface area contributed by atoms with Crippen LogP contribution in [-0.4, -0.2) is 40.2 Å². The molecule has 0 aromatic heterocycles. The monoisotopic (exact) mass is 334 g/mol. The van der Waals surface area contributed by atoms with Crippen LogP contribution in [0.3, 0.4) is 0 Å². The number of nitrogens with one attached hydrogen (secondary N) is 2. The molecule has 0 saturated carbocycles. The molecule has 0 aliphatic rings. The van der Waals surface area contributed by atoms with Gasteiger partial charge in [0.15, 0.2) is 9.84 Å². The molecular weight excluding hydrogens is 312 g/mol. The number of benzene rings is 1. The highest BCUT2D eigenvalue weighted by Crippen LogP contribution is 2.07. The van der Waals surface area contributed by atoms with E-state index in [-0.39, 0.29) is 24.1 Å². The van der Waals surface area contributed by atoms with E-state index in [9.17, 15) is 13.2 Å². The molecule has 1 amide bonds. The third-order valence-corrected chi connectivity index (χ3v) is 3.52. The first-order valence-electron chi connectivity index (χ1n) is 6.68. The zero-order valence-electron chi connectivity index (χ0n) is 12.4. The minimum absolute atomic E-state index is 0. The molecule has 0 bridgehead atoms. The first-order valence-corrected chi connectivity index (χ1v) is 8.74. The topological polar surface area (TPSA) is 75.3 Å². The zero-order valence-corrected chi connectivity index (χ0v) is 14.0. The van der Waals surface area contributed by atoms with E-state index in [1.807, 2.05) is 0 Å². The van der Waals surface area contributed by atoms with Crippen molar-refractivity contribution >= 4 is 28.2 Å². The summed E-state index contributed by atoms with van der Waals surface area (Å²) in [5, 5.41) is 6.00. The van der Waals surface area contributed by atoms with E-state index in [0.717, 1.165) is 19.5 Å². The summed E-state index contributed by atoms with van der Waals surface area (Å²) in [5.41, 5.74) is 1.23. The fourth-order valence-corrected chi connectivity index (χ4v) is 2.52. The second-order valence-electron chi connectivity index (χ2n) is 4.77. The number of carbonyl (C=O) groups excluding carboxylic acids is 1. The van der Waals surface area contributed by atoms with Gasteiger partial charge in [-0.2, -0.15) is 0 Å². The minimum atomic E-state index is -3.04. The predicted molar refractivity (Wildman–Crippen MR) is 87.7 cm³/mol. The number of rotatable bonds is 8. The van der Waals surface area contributed by atoms with Gasteiger partial charge in [-0.15, -0.1) is 12.4 Å². The van der Waals surface area contributed by atoms with E-state index in [1.54, 1.807) is 24.3 Å². The fourth-order valence-electron chi connectivity index (χ4n) is 1.72. The lowest BCUT2D eigenvalue weighted by Crippen LogP contribution is -2.32. The SMILES string of the molecule is CCCNCCNC(=O)c1ccc(CS(C)(=O)=O)cc1.Cl. The van der Waals surface area contributed by atoms with Crippen molar-refractivity contribution in [3.63, 3.8) is 0 Å². The van der Waals surface area contributed by atoms with Gasteiger partial charge in [0, 0.05) is 24.9 Å². The first-order chi connectivity index (χ1) is 9.42. The third kappa shape index (κ3) is 8.70. The Labute approximate surface area is 132 Å². The fraction of sp³-hybridized carbons (Fsp3) is 0.500. The average Bonchev–Trinajstić information content (AvgIpc) is 2.37. The summed E-state index contributed by atoms with van der Waals surface area (Å²) in [6, 6.07) is 6.64. The van der Waals surface area contributed by atoms with Crippen molar-refractivity contribution in [2.45, 2.75) is 19.1 Å². The summed E-state index contributed by atoms with van der Waals surface area (Å²) < 4.78 is 22.3. The normalized spacial score (nSPS) is 10.8. The molecule has 120 valence electrons. The van der Waals surface area contributed by atoms with E-state index in [4.69, 9.17) is 0 Å². The molecule has 7 heteroatoms. The van der Waals surface area contributed by atoms with Crippen molar-refractivity contribution in [2.24, 2.45) is 0 Å². The first kappa shape index (κ1) is 19.9. The average molecular weight is 335 g/mol. The molecule has 2 N–H and O–H groups in total. The maximum atomic E-state index is 11.8. The van der Waals surface area contributed by atoms with Crippen LogP contribution in [0.5, 0.6) is 0 Å². The van der Waals surface area contributed by atoms with E-state index in [2.05, 4.69) is 17.6 Å². The van der Waals surface area contributed by atoms with E-state index < -0.39 is 9.84 Å². The van der Waals surface area contributed by atoms with Crippen LogP contribution < -0.4 is 10.6 Å². The summed E-state index contributed by atoms with van der Waals surface area (Å²) in [4.78, 5) is 11.8. The van der Waals surface area contributed by atoms with Crippen LogP contribution in [0, 0.1) is 0 Å². The van der Waals surface area contributed by atoms with Crippen molar-refractivity contribution in [1.29, 1.82) is 0 Å². The van der Waals surface area contributed by atoms with Crippen LogP contribution in [0.2, 0.25) is 0 Å². The van der Waals surface area contributed by atoms with Crippen LogP contribution in [0.1, 0.15) is 29.3 Å². The van der Waals surface area contributed by atoms with Crippen molar-refractivity contribution < 1.29 is 13.2 Å². The zero-order chi connectivity index (χ0) is 15.0. The van der Waals surface area contributed by atoms with Gasteiger partial charge in [-0.3, -0.25) is 4.79 Å². The Morgan fingerprint density at radius 3 is 2.24 bits per heavy atom. The molecule has 0 heterocycles. The highest BCUT2D eigenvalue weighted by Gasteiger charge is 2.07. The summed E-state index contributed by atoms with van der Waals surface area (Å²) in [5.74, 6) is -0.148. The highest BCUT2D eigenvalue weighted by atomic mass is 35.5. The van der Waals surface area contributed by atoms with Crippen molar-refractivity contribution in [2.75, 3.05) is 25.9 Å². The molecule has 1 rings (SSSR count). The number of hydrogen-bond donors (Lipinski definition) is 2. The molecule has 5 nitrogen and oxygen atoms in total. The molecular formula is C14H23ClN2O3S. The lowest BCUT2D eigenvalue weighted by atomic mass is 10.1. The molecule has 0 atom stereocenters. The van der Waals surface area contributed by atoms with Gasteiger partial charge in [-0.1, -0.05) is 19.1 Å². The molecule has 0 aliphatic carbocycles. The Kier molecular flexibility index (Phi) is 9.24. The van der Waals surface area contributed by atoms with Gasteiger partial charge in [0.1, 0.15) is 0 Å². The van der Waals surface area contributed by atoms with Gasteiger partial charge in [-0.25, -0.2) is 8.42 Å². The van der Waals surface area contributed by atoms with Crippen LogP contribution >= 0.6 is 12.4 Å². The van der Waals surface area contributed by atoms with Gasteiger partial charge in [0.05, 0.1) is 5.75 Å². The smallest absolute Gasteiger partial charge is 0.251 e. The standard InChI is InChI=1S/C14H22N2O3S.ClH/c1-3-8-15-9-10-16-14(17)13-6-4-12(5-7-13)11-20(2,18)19;/h4-7,15H,3,8-11H2,1-2H3,(H,16,17);1H. The summed E-state index contributed by atoms with van der Waals surface area (Å²) in [6.45, 7) is 4.34. The molecule has 0 saturated heterocycles. The minimum Gasteiger partial charge on any atom is -0.351 e. The molecule has 0 unspecified atom stereocenters. The number of amides is 1. The molecule has 21 heavy (non-hydrogen) atoms. The van der Waals surface area contributed by atoms with Crippen molar-refractivity contribution in [3.05, 3.63) is 35.4 Å². The summed E-state index contributed by atoms with van der Waals surface area (Å²) >= 11 is 0. The third-order valence-electron chi connectivity index (χ3n) is 2.66. The number of sulfone groups is 1. The van der Waals surface area contributed by atoms with Gasteiger partial charge in [0.2, 0.25) is 0 Å². The Morgan fingerprint density at radius 1 is 1.10 bits per heavy atom. The molecule has 1 aromatic rings. The predicted octanol–water partition coefficient (Wildman–Crippen LogP) is 1.38. The summed E-state index contributed by atoms with van der Waals surface area (Å²) in [7, 11) is -3.04. The van der Waals surface area contributed by atoms with Crippen LogP contribution in [0.15, 0.2) is 24.3 Å². The molecule has 0 aliphatic heterocycles. The molecule has 0 fully saturated rings. The van der Waals surface area contributed by atoms with Gasteiger partial charge < -0.3 is 10.6 Å². The Bertz CT molecular complexity index is 530. The van der Waals surface area contributed by atoms with Gasteiger partial charge >= 0.3 is 0 Å². The molecule has 0 spiro atoms. The van der Waals surface area contributed by atoms with Crippen molar-refractivity contribution in [1.82, 2.24) is 10.6 Å². The number of carbonyl (C=O) groups is 1. The van der Waals surface area contributed by atoms with E-state index in [0.29, 0.717) is 17.7 Å². The Balaban J connectivity index is 0.00000400. The second kappa shape index (κ2) is 9.76. The van der Waals surface area contributed by atoms with Gasteiger partial charge in [0.25, 0.3) is 5.91 Å². The van der Waals surface area contributed by atoms with Crippen LogP contribution in [0.25, 0.3) is 0 Å². The summed E-state index contributed by atoms with van der Waals surface area (Å²) in [6.07, 6.45) is 2.26. The Morgan fingerprint density at radius 2 is 1.71 bits per heavy atom. The largest absolute Gasteiger partial charge is 0.351 e. The van der Waals surface area contributed by atoms with Crippen LogP contribution in [0.4, 0.5) is 0 Å². The van der Waals surface area contributed by atoms with E-state index >= 15 is 0 Å². The number of hydrogen-bond acceptors (Lipinski definition) is 4.